The summed E-state index contributed by atoms with van der Waals surface area (Å²) >= 11 is 0. The van der Waals surface area contributed by atoms with Gasteiger partial charge in [0.1, 0.15) is 5.82 Å². The molecule has 0 spiro atoms. The van der Waals surface area contributed by atoms with Crippen molar-refractivity contribution in [1.29, 1.82) is 0 Å². The summed E-state index contributed by atoms with van der Waals surface area (Å²) < 4.78 is 13.2. The first-order chi connectivity index (χ1) is 7.65. The lowest BCUT2D eigenvalue weighted by molar-refractivity contribution is 0.627. The standard InChI is InChI=1S/C13H13FN2/c1-9-6-10(14)8-11(7-9)16-13-5-3-2-4-12(13)15/h2-8,16H,15H2,1H3. The minimum Gasteiger partial charge on any atom is -0.397 e. The lowest BCUT2D eigenvalue weighted by Gasteiger charge is -2.09. The molecule has 0 bridgehead atoms. The number of hydrogen-bond donors (Lipinski definition) is 2. The molecule has 0 fully saturated rings. The number of benzene rings is 2. The molecule has 0 heterocycles. The summed E-state index contributed by atoms with van der Waals surface area (Å²) in [5.41, 5.74) is 8.79. The first-order valence-corrected chi connectivity index (χ1v) is 5.04. The van der Waals surface area contributed by atoms with Crippen molar-refractivity contribution in [2.75, 3.05) is 11.1 Å². The molecule has 82 valence electrons. The van der Waals surface area contributed by atoms with E-state index in [0.717, 1.165) is 11.3 Å². The summed E-state index contributed by atoms with van der Waals surface area (Å²) in [6.07, 6.45) is 0. The minimum atomic E-state index is -0.253. The van der Waals surface area contributed by atoms with Crippen LogP contribution in [-0.4, -0.2) is 0 Å². The van der Waals surface area contributed by atoms with E-state index in [1.807, 2.05) is 31.2 Å². The van der Waals surface area contributed by atoms with Crippen LogP contribution in [0.2, 0.25) is 0 Å². The molecular weight excluding hydrogens is 203 g/mol. The van der Waals surface area contributed by atoms with E-state index in [4.69, 9.17) is 5.73 Å². The normalized spacial score (nSPS) is 10.1. The maximum atomic E-state index is 13.2. The van der Waals surface area contributed by atoms with E-state index in [0.29, 0.717) is 11.4 Å². The Morgan fingerprint density at radius 2 is 1.88 bits per heavy atom. The summed E-state index contributed by atoms with van der Waals surface area (Å²) in [6.45, 7) is 1.85. The zero-order valence-corrected chi connectivity index (χ0v) is 9.00. The number of rotatable bonds is 2. The zero-order chi connectivity index (χ0) is 11.5. The molecule has 0 aliphatic carbocycles. The second kappa shape index (κ2) is 4.23. The van der Waals surface area contributed by atoms with Gasteiger partial charge < -0.3 is 11.1 Å². The lowest BCUT2D eigenvalue weighted by atomic mass is 10.2. The van der Waals surface area contributed by atoms with Crippen LogP contribution in [-0.2, 0) is 0 Å². The highest BCUT2D eigenvalue weighted by Crippen LogP contribution is 2.23. The number of hydrogen-bond acceptors (Lipinski definition) is 2. The van der Waals surface area contributed by atoms with Crippen molar-refractivity contribution in [3.05, 3.63) is 53.8 Å². The maximum Gasteiger partial charge on any atom is 0.125 e. The topological polar surface area (TPSA) is 38.0 Å². The van der Waals surface area contributed by atoms with Gasteiger partial charge in [0.2, 0.25) is 0 Å². The average Bonchev–Trinajstić information content (AvgIpc) is 2.20. The zero-order valence-electron chi connectivity index (χ0n) is 9.00. The van der Waals surface area contributed by atoms with Gasteiger partial charge >= 0.3 is 0 Å². The van der Waals surface area contributed by atoms with Crippen LogP contribution in [0.1, 0.15) is 5.56 Å². The molecule has 2 nitrogen and oxygen atoms in total. The first-order valence-electron chi connectivity index (χ1n) is 5.04. The molecule has 2 aromatic carbocycles. The Bertz CT molecular complexity index is 489. The Kier molecular flexibility index (Phi) is 2.77. The molecule has 0 amide bonds. The summed E-state index contributed by atoms with van der Waals surface area (Å²) in [7, 11) is 0. The Labute approximate surface area is 93.9 Å². The molecule has 0 aromatic heterocycles. The van der Waals surface area contributed by atoms with Gasteiger partial charge in [0.25, 0.3) is 0 Å². The minimum absolute atomic E-state index is 0.253. The smallest absolute Gasteiger partial charge is 0.125 e. The summed E-state index contributed by atoms with van der Waals surface area (Å²) in [6, 6.07) is 12.2. The van der Waals surface area contributed by atoms with Gasteiger partial charge in [0.15, 0.2) is 0 Å². The molecule has 0 unspecified atom stereocenters. The van der Waals surface area contributed by atoms with E-state index >= 15 is 0 Å². The molecule has 3 heteroatoms. The number of nitrogens with two attached hydrogens (primary N) is 1. The van der Waals surface area contributed by atoms with Crippen LogP contribution in [0.3, 0.4) is 0 Å². The van der Waals surface area contributed by atoms with E-state index in [9.17, 15) is 4.39 Å². The van der Waals surface area contributed by atoms with Gasteiger partial charge in [-0.1, -0.05) is 12.1 Å². The van der Waals surface area contributed by atoms with Crippen molar-refractivity contribution < 1.29 is 4.39 Å². The second-order valence-electron chi connectivity index (χ2n) is 3.73. The van der Waals surface area contributed by atoms with Gasteiger partial charge in [0, 0.05) is 5.69 Å². The van der Waals surface area contributed by atoms with E-state index in [1.165, 1.54) is 12.1 Å². The fourth-order valence-electron chi connectivity index (χ4n) is 1.57. The number of aryl methyl sites for hydroxylation is 1. The van der Waals surface area contributed by atoms with Crippen LogP contribution >= 0.6 is 0 Å². The Morgan fingerprint density at radius 1 is 1.12 bits per heavy atom. The quantitative estimate of drug-likeness (QED) is 0.754. The van der Waals surface area contributed by atoms with Gasteiger partial charge in [-0.2, -0.15) is 0 Å². The van der Waals surface area contributed by atoms with E-state index < -0.39 is 0 Å². The van der Waals surface area contributed by atoms with E-state index in [-0.39, 0.29) is 5.82 Å². The lowest BCUT2D eigenvalue weighted by Crippen LogP contribution is -1.96. The fraction of sp³-hybridized carbons (Fsp3) is 0.0769. The Morgan fingerprint density at radius 3 is 2.56 bits per heavy atom. The highest BCUT2D eigenvalue weighted by Gasteiger charge is 2.00. The predicted octanol–water partition coefficient (Wildman–Crippen LogP) is 3.46. The monoisotopic (exact) mass is 216 g/mol. The molecule has 0 aliphatic heterocycles. The maximum absolute atomic E-state index is 13.2. The molecule has 0 saturated heterocycles. The average molecular weight is 216 g/mol. The molecule has 0 saturated carbocycles. The van der Waals surface area contributed by atoms with Crippen molar-refractivity contribution in [3.8, 4) is 0 Å². The van der Waals surface area contributed by atoms with Crippen molar-refractivity contribution >= 4 is 17.1 Å². The first kappa shape index (κ1) is 10.5. The van der Waals surface area contributed by atoms with E-state index in [1.54, 1.807) is 6.07 Å². The Balaban J connectivity index is 2.30. The molecular formula is C13H13FN2. The molecule has 2 rings (SSSR count). The highest BCUT2D eigenvalue weighted by atomic mass is 19.1. The highest BCUT2D eigenvalue weighted by molar-refractivity contribution is 5.72. The summed E-state index contributed by atoms with van der Waals surface area (Å²) in [5, 5.41) is 3.09. The number of nitrogen functional groups attached to an aromatic ring is 1. The third kappa shape index (κ3) is 2.31. The van der Waals surface area contributed by atoms with Crippen molar-refractivity contribution in [3.63, 3.8) is 0 Å². The molecule has 16 heavy (non-hydrogen) atoms. The number of nitrogens with one attached hydrogen (secondary N) is 1. The van der Waals surface area contributed by atoms with Crippen LogP contribution in [0.5, 0.6) is 0 Å². The van der Waals surface area contributed by atoms with Gasteiger partial charge in [0.05, 0.1) is 11.4 Å². The predicted molar refractivity (Wildman–Crippen MR) is 65.3 cm³/mol. The molecule has 2 aromatic rings. The van der Waals surface area contributed by atoms with Gasteiger partial charge in [-0.05, 0) is 42.8 Å². The Hall–Kier alpha value is -2.03. The van der Waals surface area contributed by atoms with Gasteiger partial charge in [-0.25, -0.2) is 4.39 Å². The summed E-state index contributed by atoms with van der Waals surface area (Å²) in [4.78, 5) is 0. The molecule has 0 radical (unpaired) electrons. The summed E-state index contributed by atoms with van der Waals surface area (Å²) in [5.74, 6) is -0.253. The van der Waals surface area contributed by atoms with Crippen LogP contribution in [0.25, 0.3) is 0 Å². The van der Waals surface area contributed by atoms with Crippen LogP contribution in [0.4, 0.5) is 21.5 Å². The van der Waals surface area contributed by atoms with Crippen molar-refractivity contribution in [2.24, 2.45) is 0 Å². The van der Waals surface area contributed by atoms with Gasteiger partial charge in [-0.3, -0.25) is 0 Å². The number of halogens is 1. The van der Waals surface area contributed by atoms with Crippen LogP contribution in [0, 0.1) is 12.7 Å². The van der Waals surface area contributed by atoms with E-state index in [2.05, 4.69) is 5.32 Å². The number of anilines is 3. The fourth-order valence-corrected chi connectivity index (χ4v) is 1.57. The van der Waals surface area contributed by atoms with Crippen molar-refractivity contribution in [1.82, 2.24) is 0 Å². The molecule has 0 aliphatic rings. The second-order valence-corrected chi connectivity index (χ2v) is 3.73. The molecule has 0 atom stereocenters. The van der Waals surface area contributed by atoms with Crippen molar-refractivity contribution in [2.45, 2.75) is 6.92 Å². The number of para-hydroxylation sites is 2. The van der Waals surface area contributed by atoms with Crippen LogP contribution < -0.4 is 11.1 Å². The van der Waals surface area contributed by atoms with Gasteiger partial charge in [-0.15, -0.1) is 0 Å². The third-order valence-electron chi connectivity index (χ3n) is 2.28. The molecule has 3 N–H and O–H groups in total. The SMILES string of the molecule is Cc1cc(F)cc(Nc2ccccc2N)c1. The third-order valence-corrected chi connectivity index (χ3v) is 2.28. The van der Waals surface area contributed by atoms with Crippen LogP contribution in [0.15, 0.2) is 42.5 Å². The largest absolute Gasteiger partial charge is 0.397 e.